The molecule has 0 aromatic heterocycles. The van der Waals surface area contributed by atoms with Crippen molar-refractivity contribution in [2.45, 2.75) is 57.3 Å². The Morgan fingerprint density at radius 3 is 2.26 bits per heavy atom. The molecule has 0 aromatic rings. The van der Waals surface area contributed by atoms with Gasteiger partial charge in [-0.25, -0.2) is 0 Å². The van der Waals surface area contributed by atoms with Crippen LogP contribution in [0.2, 0.25) is 0 Å². The van der Waals surface area contributed by atoms with Crippen molar-refractivity contribution in [3.63, 3.8) is 0 Å². The lowest BCUT2D eigenvalue weighted by molar-refractivity contribution is -0.143. The van der Waals surface area contributed by atoms with Gasteiger partial charge in [0.15, 0.2) is 5.96 Å². The molecule has 2 fully saturated rings. The monoisotopic (exact) mass is 448 g/mol. The molecule has 1 heterocycles. The molecule has 1 unspecified atom stereocenters. The molecule has 8 heteroatoms. The smallest absolute Gasteiger partial charge is 0.354 e. The number of halogens is 4. The van der Waals surface area contributed by atoms with Gasteiger partial charge in [0.1, 0.15) is 0 Å². The quantitative estimate of drug-likeness (QED) is 0.396. The molecule has 4 nitrogen and oxygen atoms in total. The zero-order valence-electron chi connectivity index (χ0n) is 13.8. The fourth-order valence-corrected chi connectivity index (χ4v) is 3.31. The summed E-state index contributed by atoms with van der Waals surface area (Å²) in [6.07, 6.45) is 1.31. The summed E-state index contributed by atoms with van der Waals surface area (Å²) in [5.74, 6) is 1.51. The van der Waals surface area contributed by atoms with Gasteiger partial charge in [0.2, 0.25) is 0 Å². The van der Waals surface area contributed by atoms with E-state index in [9.17, 15) is 13.2 Å². The average Bonchev–Trinajstić information content (AvgIpc) is 2.85. The molecule has 23 heavy (non-hydrogen) atoms. The molecule has 1 aliphatic carbocycles. The van der Waals surface area contributed by atoms with Crippen LogP contribution in [0, 0.1) is 5.92 Å². The van der Waals surface area contributed by atoms with Gasteiger partial charge in [0, 0.05) is 32.2 Å². The minimum atomic E-state index is -4.12. The van der Waals surface area contributed by atoms with Crippen LogP contribution in [0.25, 0.3) is 0 Å². The van der Waals surface area contributed by atoms with Gasteiger partial charge in [-0.3, -0.25) is 9.89 Å². The Labute approximate surface area is 153 Å². The average molecular weight is 448 g/mol. The van der Waals surface area contributed by atoms with E-state index in [1.165, 1.54) is 17.7 Å². The Morgan fingerprint density at radius 2 is 1.70 bits per heavy atom. The van der Waals surface area contributed by atoms with E-state index >= 15 is 0 Å². The molecule has 0 amide bonds. The van der Waals surface area contributed by atoms with E-state index in [0.717, 1.165) is 31.1 Å². The summed E-state index contributed by atoms with van der Waals surface area (Å²) in [4.78, 5) is 5.67. The molecular formula is C15H28F3IN4. The molecule has 2 aliphatic rings. The second kappa shape index (κ2) is 9.29. The molecule has 0 radical (unpaired) electrons. The summed E-state index contributed by atoms with van der Waals surface area (Å²) >= 11 is 0. The Bertz CT molecular complexity index is 381. The number of likely N-dealkylation sites (tertiary alicyclic amines) is 1. The van der Waals surface area contributed by atoms with Gasteiger partial charge in [-0.15, -0.1) is 24.0 Å². The van der Waals surface area contributed by atoms with Gasteiger partial charge in [-0.1, -0.05) is 6.92 Å². The maximum atomic E-state index is 12.4. The highest BCUT2D eigenvalue weighted by molar-refractivity contribution is 14.0. The number of nitrogens with one attached hydrogen (secondary N) is 2. The van der Waals surface area contributed by atoms with Crippen LogP contribution in [-0.2, 0) is 0 Å². The first-order valence-electron chi connectivity index (χ1n) is 8.14. The van der Waals surface area contributed by atoms with Gasteiger partial charge in [-0.05, 0) is 38.0 Å². The molecule has 1 atom stereocenters. The number of aliphatic imine (C=N–C) groups is 1. The van der Waals surface area contributed by atoms with E-state index in [0.29, 0.717) is 19.1 Å². The molecule has 1 saturated carbocycles. The second-order valence-corrected chi connectivity index (χ2v) is 6.65. The Kier molecular flexibility index (Phi) is 8.40. The van der Waals surface area contributed by atoms with Crippen molar-refractivity contribution in [1.29, 1.82) is 0 Å². The first kappa shape index (κ1) is 20.8. The number of alkyl halides is 3. The van der Waals surface area contributed by atoms with Crippen molar-refractivity contribution in [3.05, 3.63) is 0 Å². The van der Waals surface area contributed by atoms with Gasteiger partial charge >= 0.3 is 6.18 Å². The first-order valence-corrected chi connectivity index (χ1v) is 8.14. The molecule has 1 aliphatic heterocycles. The van der Waals surface area contributed by atoms with Crippen LogP contribution >= 0.6 is 24.0 Å². The number of hydrogen-bond donors (Lipinski definition) is 2. The molecule has 136 valence electrons. The fourth-order valence-electron chi connectivity index (χ4n) is 3.31. The van der Waals surface area contributed by atoms with Crippen LogP contribution < -0.4 is 10.6 Å². The molecule has 1 saturated heterocycles. The normalized spacial score (nSPS) is 30.0. The molecular weight excluding hydrogens is 420 g/mol. The van der Waals surface area contributed by atoms with E-state index < -0.39 is 12.7 Å². The third-order valence-corrected chi connectivity index (χ3v) is 4.60. The lowest BCUT2D eigenvalue weighted by atomic mass is 9.87. The van der Waals surface area contributed by atoms with Crippen molar-refractivity contribution in [1.82, 2.24) is 15.5 Å². The van der Waals surface area contributed by atoms with Gasteiger partial charge in [-0.2, -0.15) is 13.2 Å². The van der Waals surface area contributed by atoms with Crippen molar-refractivity contribution in [3.8, 4) is 0 Å². The summed E-state index contributed by atoms with van der Waals surface area (Å²) in [7, 11) is 1.71. The standard InChI is InChI=1S/C15H27F3N4.HI/c1-11-3-5-12(6-4-11)20-14(19-2)21-13-7-8-22(9-13)10-15(16,17)18;/h11-13H,3-10H2,1-2H3,(H2,19,20,21);1H. The van der Waals surface area contributed by atoms with E-state index in [2.05, 4.69) is 22.5 Å². The molecule has 2 rings (SSSR count). The van der Waals surface area contributed by atoms with Crippen molar-refractivity contribution >= 4 is 29.9 Å². The number of hydrogen-bond acceptors (Lipinski definition) is 2. The largest absolute Gasteiger partial charge is 0.401 e. The number of rotatable bonds is 3. The summed E-state index contributed by atoms with van der Waals surface area (Å²) < 4.78 is 37.2. The first-order chi connectivity index (χ1) is 10.4. The lowest BCUT2D eigenvalue weighted by Crippen LogP contribution is -2.49. The molecule has 0 spiro atoms. The zero-order valence-corrected chi connectivity index (χ0v) is 16.2. The van der Waals surface area contributed by atoms with Crippen molar-refractivity contribution in [2.24, 2.45) is 10.9 Å². The van der Waals surface area contributed by atoms with Gasteiger partial charge in [0.25, 0.3) is 0 Å². The Morgan fingerprint density at radius 1 is 1.09 bits per heavy atom. The highest BCUT2D eigenvalue weighted by Gasteiger charge is 2.34. The summed E-state index contributed by atoms with van der Waals surface area (Å²) in [5, 5.41) is 6.68. The molecule has 2 N–H and O–H groups in total. The van der Waals surface area contributed by atoms with E-state index in [4.69, 9.17) is 0 Å². The summed E-state index contributed by atoms with van der Waals surface area (Å²) in [6.45, 7) is 2.35. The lowest BCUT2D eigenvalue weighted by Gasteiger charge is -2.29. The van der Waals surface area contributed by atoms with Gasteiger partial charge < -0.3 is 10.6 Å². The van der Waals surface area contributed by atoms with Crippen LogP contribution in [0.15, 0.2) is 4.99 Å². The van der Waals surface area contributed by atoms with Crippen LogP contribution in [-0.4, -0.2) is 55.8 Å². The Balaban J connectivity index is 0.00000264. The highest BCUT2D eigenvalue weighted by Crippen LogP contribution is 2.23. The predicted molar refractivity (Wildman–Crippen MR) is 97.4 cm³/mol. The third-order valence-electron chi connectivity index (χ3n) is 4.60. The zero-order chi connectivity index (χ0) is 16.2. The van der Waals surface area contributed by atoms with Crippen LogP contribution in [0.1, 0.15) is 39.0 Å². The second-order valence-electron chi connectivity index (χ2n) is 6.65. The Hall–Kier alpha value is -0.250. The van der Waals surface area contributed by atoms with E-state index in [-0.39, 0.29) is 30.0 Å². The summed E-state index contributed by atoms with van der Waals surface area (Å²) in [6, 6.07) is 0.464. The SMILES string of the molecule is CN=C(NC1CCC(C)CC1)NC1CCN(CC(F)(F)F)C1.I. The number of nitrogens with zero attached hydrogens (tertiary/aromatic N) is 2. The van der Waals surface area contributed by atoms with Crippen LogP contribution in [0.4, 0.5) is 13.2 Å². The topological polar surface area (TPSA) is 39.7 Å². The minimum Gasteiger partial charge on any atom is -0.354 e. The predicted octanol–water partition coefficient (Wildman–Crippen LogP) is 2.98. The number of guanidine groups is 1. The van der Waals surface area contributed by atoms with Crippen LogP contribution in [0.5, 0.6) is 0 Å². The maximum absolute atomic E-state index is 12.4. The fraction of sp³-hybridized carbons (Fsp3) is 0.933. The molecule has 0 aromatic carbocycles. The van der Waals surface area contributed by atoms with E-state index in [1.54, 1.807) is 7.05 Å². The van der Waals surface area contributed by atoms with Crippen molar-refractivity contribution in [2.75, 3.05) is 26.7 Å². The van der Waals surface area contributed by atoms with Crippen LogP contribution in [0.3, 0.4) is 0 Å². The van der Waals surface area contributed by atoms with Crippen molar-refractivity contribution < 1.29 is 13.2 Å². The highest BCUT2D eigenvalue weighted by atomic mass is 127. The third kappa shape index (κ3) is 7.45. The maximum Gasteiger partial charge on any atom is 0.401 e. The minimum absolute atomic E-state index is 0. The molecule has 0 bridgehead atoms. The van der Waals surface area contributed by atoms with Gasteiger partial charge in [0.05, 0.1) is 6.54 Å². The summed E-state index contributed by atoms with van der Waals surface area (Å²) in [5.41, 5.74) is 0. The van der Waals surface area contributed by atoms with E-state index in [1.807, 2.05) is 0 Å².